The molecule has 0 spiro atoms. The van der Waals surface area contributed by atoms with Crippen LogP contribution in [-0.4, -0.2) is 29.4 Å². The Balaban J connectivity index is 2.50. The molecule has 144 valence electrons. The van der Waals surface area contributed by atoms with Gasteiger partial charge in [0.2, 0.25) is 5.78 Å². The highest BCUT2D eigenvalue weighted by Gasteiger charge is 2.20. The Kier molecular flexibility index (Phi) is 6.16. The summed E-state index contributed by atoms with van der Waals surface area (Å²) in [6.07, 6.45) is 3.12. The summed E-state index contributed by atoms with van der Waals surface area (Å²) in [4.78, 5) is 25.4. The Labute approximate surface area is 164 Å². The lowest BCUT2D eigenvalue weighted by atomic mass is 10.0. The third-order valence-electron chi connectivity index (χ3n) is 4.48. The minimum Gasteiger partial charge on any atom is -0.372 e. The van der Waals surface area contributed by atoms with E-state index < -0.39 is 10.7 Å². The van der Waals surface area contributed by atoms with E-state index in [4.69, 9.17) is 0 Å². The summed E-state index contributed by atoms with van der Waals surface area (Å²) in [6, 6.07) is 8.27. The molecular formula is C21H22N4O3. The zero-order valence-electron chi connectivity index (χ0n) is 16.4. The van der Waals surface area contributed by atoms with Gasteiger partial charge in [-0.25, -0.2) is 0 Å². The molecule has 1 aromatic carbocycles. The SMILES string of the molecule is C=CCn1c(C)cc(C(=O)/C(C#N)=C/c2ccc(N(C)C)c([N+](=O)[O-])c2)c1C. The largest absolute Gasteiger partial charge is 0.372 e. The Morgan fingerprint density at radius 1 is 1.36 bits per heavy atom. The Morgan fingerprint density at radius 2 is 2.04 bits per heavy atom. The van der Waals surface area contributed by atoms with E-state index in [9.17, 15) is 20.2 Å². The maximum atomic E-state index is 12.9. The van der Waals surface area contributed by atoms with Crippen LogP contribution in [0.25, 0.3) is 6.08 Å². The van der Waals surface area contributed by atoms with Gasteiger partial charge in [0, 0.05) is 43.7 Å². The molecule has 0 aliphatic rings. The predicted molar refractivity (Wildman–Crippen MR) is 109 cm³/mol. The van der Waals surface area contributed by atoms with Crippen molar-refractivity contribution in [1.29, 1.82) is 5.26 Å². The molecule has 1 heterocycles. The van der Waals surface area contributed by atoms with Crippen molar-refractivity contribution in [2.45, 2.75) is 20.4 Å². The number of rotatable bonds is 7. The Hall–Kier alpha value is -3.66. The Bertz CT molecular complexity index is 1020. The van der Waals surface area contributed by atoms with Crippen LogP contribution in [0.3, 0.4) is 0 Å². The van der Waals surface area contributed by atoms with Crippen LogP contribution in [0.5, 0.6) is 0 Å². The first-order chi connectivity index (χ1) is 13.2. The predicted octanol–water partition coefficient (Wildman–Crippen LogP) is 4.06. The monoisotopic (exact) mass is 378 g/mol. The summed E-state index contributed by atoms with van der Waals surface area (Å²) >= 11 is 0. The number of aryl methyl sites for hydroxylation is 1. The van der Waals surface area contributed by atoms with Gasteiger partial charge in [-0.3, -0.25) is 14.9 Å². The normalized spacial score (nSPS) is 11.0. The molecule has 28 heavy (non-hydrogen) atoms. The van der Waals surface area contributed by atoms with Gasteiger partial charge < -0.3 is 9.47 Å². The fraction of sp³-hybridized carbons (Fsp3) is 0.238. The topological polar surface area (TPSA) is 92.2 Å². The van der Waals surface area contributed by atoms with Crippen LogP contribution >= 0.6 is 0 Å². The Morgan fingerprint density at radius 3 is 2.57 bits per heavy atom. The molecule has 0 amide bonds. The minimum atomic E-state index is -0.483. The van der Waals surface area contributed by atoms with Crippen LogP contribution in [0.1, 0.15) is 27.3 Å². The van der Waals surface area contributed by atoms with Gasteiger partial charge in [0.1, 0.15) is 17.3 Å². The van der Waals surface area contributed by atoms with E-state index in [2.05, 4.69) is 6.58 Å². The highest BCUT2D eigenvalue weighted by Crippen LogP contribution is 2.29. The average molecular weight is 378 g/mol. The van der Waals surface area contributed by atoms with Crippen LogP contribution in [0.15, 0.2) is 42.5 Å². The van der Waals surface area contributed by atoms with Crippen molar-refractivity contribution in [3.05, 3.63) is 75.1 Å². The van der Waals surface area contributed by atoms with Crippen molar-refractivity contribution < 1.29 is 9.72 Å². The number of nitriles is 1. The number of aromatic nitrogens is 1. The lowest BCUT2D eigenvalue weighted by Crippen LogP contribution is -2.11. The van der Waals surface area contributed by atoms with Gasteiger partial charge in [-0.05, 0) is 37.6 Å². The molecule has 7 nitrogen and oxygen atoms in total. The maximum absolute atomic E-state index is 12.9. The van der Waals surface area contributed by atoms with Crippen LogP contribution in [0.4, 0.5) is 11.4 Å². The summed E-state index contributed by atoms with van der Waals surface area (Å²) < 4.78 is 1.94. The second-order valence-electron chi connectivity index (χ2n) is 6.58. The van der Waals surface area contributed by atoms with E-state index in [-0.39, 0.29) is 11.3 Å². The number of hydrogen-bond donors (Lipinski definition) is 0. The summed E-state index contributed by atoms with van der Waals surface area (Å²) in [5, 5.41) is 20.9. The molecule has 0 atom stereocenters. The fourth-order valence-electron chi connectivity index (χ4n) is 3.06. The third-order valence-corrected chi connectivity index (χ3v) is 4.48. The summed E-state index contributed by atoms with van der Waals surface area (Å²) in [6.45, 7) is 7.97. The van der Waals surface area contributed by atoms with Gasteiger partial charge in [-0.15, -0.1) is 6.58 Å². The molecule has 0 aliphatic carbocycles. The van der Waals surface area contributed by atoms with Crippen molar-refractivity contribution in [2.75, 3.05) is 19.0 Å². The number of hydrogen-bond acceptors (Lipinski definition) is 5. The number of allylic oxidation sites excluding steroid dienone is 2. The molecule has 2 aromatic rings. The first-order valence-electron chi connectivity index (χ1n) is 8.61. The van der Waals surface area contributed by atoms with E-state index in [1.165, 1.54) is 12.1 Å². The molecular weight excluding hydrogens is 356 g/mol. The molecule has 0 N–H and O–H groups in total. The molecule has 0 radical (unpaired) electrons. The van der Waals surface area contributed by atoms with Crippen LogP contribution < -0.4 is 4.90 Å². The zero-order valence-corrected chi connectivity index (χ0v) is 16.4. The molecule has 0 fully saturated rings. The number of carbonyl (C=O) groups excluding carboxylic acids is 1. The molecule has 0 saturated carbocycles. The first-order valence-corrected chi connectivity index (χ1v) is 8.61. The zero-order chi connectivity index (χ0) is 21.0. The van der Waals surface area contributed by atoms with Crippen molar-refractivity contribution >= 4 is 23.2 Å². The van der Waals surface area contributed by atoms with Crippen molar-refractivity contribution in [2.24, 2.45) is 0 Å². The highest BCUT2D eigenvalue weighted by molar-refractivity contribution is 6.14. The summed E-state index contributed by atoms with van der Waals surface area (Å²) in [5.74, 6) is -0.412. The van der Waals surface area contributed by atoms with Crippen LogP contribution in [0, 0.1) is 35.3 Å². The van der Waals surface area contributed by atoms with Gasteiger partial charge in [-0.2, -0.15) is 5.26 Å². The number of nitrogens with zero attached hydrogens (tertiary/aromatic N) is 4. The number of nitro benzene ring substituents is 1. The third kappa shape index (κ3) is 4.01. The van der Waals surface area contributed by atoms with Gasteiger partial charge in [-0.1, -0.05) is 12.1 Å². The maximum Gasteiger partial charge on any atom is 0.293 e. The van der Waals surface area contributed by atoms with E-state index in [0.717, 1.165) is 11.4 Å². The lowest BCUT2D eigenvalue weighted by molar-refractivity contribution is -0.384. The summed E-state index contributed by atoms with van der Waals surface area (Å²) in [7, 11) is 3.42. The number of anilines is 1. The number of benzene rings is 1. The van der Waals surface area contributed by atoms with Crippen molar-refractivity contribution in [3.8, 4) is 6.07 Å². The lowest BCUT2D eigenvalue weighted by Gasteiger charge is -2.12. The number of nitro groups is 1. The van der Waals surface area contributed by atoms with Crippen molar-refractivity contribution in [1.82, 2.24) is 4.57 Å². The van der Waals surface area contributed by atoms with Crippen LogP contribution in [-0.2, 0) is 6.54 Å². The quantitative estimate of drug-likeness (QED) is 0.181. The van der Waals surface area contributed by atoms with Gasteiger partial charge in [0.15, 0.2) is 0 Å². The number of carbonyl (C=O) groups is 1. The molecule has 0 saturated heterocycles. The standard InChI is InChI=1S/C21H22N4O3/c1-6-9-24-14(2)10-18(15(24)3)21(26)17(13-22)11-16-7-8-19(23(4)5)20(12-16)25(27)28/h6-8,10-12H,1,9H2,2-5H3/b17-11+. The smallest absolute Gasteiger partial charge is 0.293 e. The average Bonchev–Trinajstić information content (AvgIpc) is 2.93. The number of ketones is 1. The molecule has 0 bridgehead atoms. The fourth-order valence-corrected chi connectivity index (χ4v) is 3.06. The minimum absolute atomic E-state index is 0.0780. The second-order valence-corrected chi connectivity index (χ2v) is 6.58. The molecule has 2 rings (SSSR count). The molecule has 1 aromatic heterocycles. The summed E-state index contributed by atoms with van der Waals surface area (Å²) in [5.41, 5.74) is 2.77. The number of Topliss-reactive ketones (excluding diaryl/α,β-unsaturated/α-hetero) is 1. The first kappa shape index (κ1) is 20.6. The molecule has 7 heteroatoms. The van der Waals surface area contributed by atoms with E-state index in [1.807, 2.05) is 24.5 Å². The second kappa shape index (κ2) is 8.35. The highest BCUT2D eigenvalue weighted by atomic mass is 16.6. The van der Waals surface area contributed by atoms with E-state index in [1.54, 1.807) is 43.3 Å². The molecule has 0 unspecified atom stereocenters. The van der Waals surface area contributed by atoms with Crippen molar-refractivity contribution in [3.63, 3.8) is 0 Å². The van der Waals surface area contributed by atoms with Crippen LogP contribution in [0.2, 0.25) is 0 Å². The van der Waals surface area contributed by atoms with Gasteiger partial charge >= 0.3 is 0 Å². The van der Waals surface area contributed by atoms with Gasteiger partial charge in [0.05, 0.1) is 4.92 Å². The van der Waals surface area contributed by atoms with E-state index in [0.29, 0.717) is 23.4 Å². The molecule has 0 aliphatic heterocycles. The van der Waals surface area contributed by atoms with E-state index >= 15 is 0 Å². The van der Waals surface area contributed by atoms with Gasteiger partial charge in [0.25, 0.3) is 5.69 Å².